The van der Waals surface area contributed by atoms with Gasteiger partial charge >= 0.3 is 12.1 Å². The number of benzene rings is 1. The van der Waals surface area contributed by atoms with Crippen LogP contribution in [-0.4, -0.2) is 47.3 Å². The third-order valence-corrected chi connectivity index (χ3v) is 5.71. The van der Waals surface area contributed by atoms with Crippen LogP contribution in [0.2, 0.25) is 0 Å². The number of carboxylic acids is 1. The molecule has 1 fully saturated rings. The first-order chi connectivity index (χ1) is 16.0. The molecule has 1 aromatic heterocycles. The molecule has 3 heterocycles. The summed E-state index contributed by atoms with van der Waals surface area (Å²) >= 11 is 0. The van der Waals surface area contributed by atoms with Crippen LogP contribution in [0.15, 0.2) is 36.5 Å². The first-order valence-electron chi connectivity index (χ1n) is 10.6. The minimum absolute atomic E-state index is 0.0654. The lowest BCUT2D eigenvalue weighted by atomic mass is 10.0. The highest BCUT2D eigenvalue weighted by atomic mass is 19.4. The van der Waals surface area contributed by atoms with Gasteiger partial charge in [-0.25, -0.2) is 4.79 Å². The average molecular weight is 475 g/mol. The normalized spacial score (nSPS) is 19.7. The van der Waals surface area contributed by atoms with Crippen LogP contribution in [0.25, 0.3) is 0 Å². The van der Waals surface area contributed by atoms with Crippen molar-refractivity contribution < 1.29 is 27.9 Å². The predicted octanol–water partition coefficient (Wildman–Crippen LogP) is 3.16. The van der Waals surface area contributed by atoms with Crippen molar-refractivity contribution in [1.82, 2.24) is 4.98 Å². The summed E-state index contributed by atoms with van der Waals surface area (Å²) < 4.78 is 31.7. The number of carboxylic acid groups (broad SMARTS) is 1. The fraction of sp³-hybridized carbons (Fsp3) is 0.391. The minimum Gasteiger partial charge on any atom is -0.475 e. The molecule has 0 saturated carbocycles. The van der Waals surface area contributed by atoms with Gasteiger partial charge in [-0.1, -0.05) is 12.1 Å². The van der Waals surface area contributed by atoms with E-state index >= 15 is 0 Å². The first kappa shape index (κ1) is 25.0. The van der Waals surface area contributed by atoms with Gasteiger partial charge in [0.25, 0.3) is 0 Å². The Morgan fingerprint density at radius 2 is 1.94 bits per heavy atom. The van der Waals surface area contributed by atoms with Gasteiger partial charge in [0, 0.05) is 25.3 Å². The zero-order chi connectivity index (χ0) is 25.0. The second kappa shape index (κ2) is 10.1. The lowest BCUT2D eigenvalue weighted by Crippen LogP contribution is -2.43. The van der Waals surface area contributed by atoms with Crippen molar-refractivity contribution in [2.45, 2.75) is 44.4 Å². The molecule has 4 rings (SSSR count). The van der Waals surface area contributed by atoms with Crippen molar-refractivity contribution in [3.8, 4) is 6.07 Å². The van der Waals surface area contributed by atoms with Gasteiger partial charge in [0.15, 0.2) is 0 Å². The third-order valence-electron chi connectivity index (χ3n) is 5.71. The number of amides is 1. The molecule has 2 aromatic rings. The molecule has 1 aromatic carbocycles. The number of aliphatic carboxylic acids is 1. The zero-order valence-electron chi connectivity index (χ0n) is 18.4. The van der Waals surface area contributed by atoms with Crippen LogP contribution in [-0.2, 0) is 16.1 Å². The van der Waals surface area contributed by atoms with Gasteiger partial charge in [0.05, 0.1) is 41.2 Å². The topological polar surface area (TPSA) is 124 Å². The summed E-state index contributed by atoms with van der Waals surface area (Å²) in [6.07, 6.45) is -1.20. The van der Waals surface area contributed by atoms with Gasteiger partial charge in [-0.2, -0.15) is 18.4 Å². The summed E-state index contributed by atoms with van der Waals surface area (Å²) in [6.45, 7) is 4.13. The fourth-order valence-corrected chi connectivity index (χ4v) is 4.02. The van der Waals surface area contributed by atoms with E-state index in [0.29, 0.717) is 12.1 Å². The summed E-state index contributed by atoms with van der Waals surface area (Å²) in [6, 6.07) is 11.7. The van der Waals surface area contributed by atoms with E-state index < -0.39 is 12.1 Å². The molecule has 2 atom stereocenters. The molecule has 0 aliphatic carbocycles. The van der Waals surface area contributed by atoms with E-state index in [1.54, 1.807) is 18.3 Å². The largest absolute Gasteiger partial charge is 0.490 e. The first-order valence-corrected chi connectivity index (χ1v) is 10.6. The van der Waals surface area contributed by atoms with Crippen LogP contribution in [0.3, 0.4) is 0 Å². The number of carbonyl (C=O) groups is 2. The summed E-state index contributed by atoms with van der Waals surface area (Å²) in [5.41, 5.74) is 10.6. The molecule has 8 nitrogen and oxygen atoms in total. The van der Waals surface area contributed by atoms with Crippen molar-refractivity contribution in [2.24, 2.45) is 5.73 Å². The monoisotopic (exact) mass is 475 g/mol. The molecule has 1 saturated heterocycles. The van der Waals surface area contributed by atoms with Gasteiger partial charge in [-0.3, -0.25) is 9.78 Å². The van der Waals surface area contributed by atoms with Gasteiger partial charge < -0.3 is 20.6 Å². The van der Waals surface area contributed by atoms with E-state index in [9.17, 15) is 18.0 Å². The van der Waals surface area contributed by atoms with Crippen LogP contribution >= 0.6 is 0 Å². The number of halogens is 3. The standard InChI is InChI=1S/C21H23N5O.C2HF3O2/c1-14-19-20(18(8-9-24-19)25-10-2-3-17(23)13-25)26(21(14)27)12-16-6-4-15(11-22)5-7-16;3-2(4,5)1(6)7/h4-9,14,17H,2-3,10,12-13,23H2,1H3;(H,6,7)/t14-,17?;/m1./s1. The Labute approximate surface area is 194 Å². The summed E-state index contributed by atoms with van der Waals surface area (Å²) in [5.74, 6) is -2.94. The summed E-state index contributed by atoms with van der Waals surface area (Å²) in [7, 11) is 0. The van der Waals surface area contributed by atoms with Gasteiger partial charge in [-0.15, -0.1) is 0 Å². The summed E-state index contributed by atoms with van der Waals surface area (Å²) in [4.78, 5) is 30.5. The molecule has 3 N–H and O–H groups in total. The van der Waals surface area contributed by atoms with Crippen molar-refractivity contribution in [3.05, 3.63) is 53.3 Å². The third kappa shape index (κ3) is 5.46. The van der Waals surface area contributed by atoms with Crippen molar-refractivity contribution in [2.75, 3.05) is 22.9 Å². The highest BCUT2D eigenvalue weighted by Gasteiger charge is 2.39. The number of fused-ring (bicyclic) bond motifs is 1. The Morgan fingerprint density at radius 3 is 2.50 bits per heavy atom. The molecule has 2 aliphatic heterocycles. The number of rotatable bonds is 3. The Hall–Kier alpha value is -3.65. The molecule has 0 spiro atoms. The van der Waals surface area contributed by atoms with Crippen molar-refractivity contribution in [1.29, 1.82) is 5.26 Å². The maximum atomic E-state index is 13.0. The lowest BCUT2D eigenvalue weighted by Gasteiger charge is -2.35. The molecule has 11 heteroatoms. The summed E-state index contributed by atoms with van der Waals surface area (Å²) in [5, 5.41) is 16.1. The number of piperidine rings is 1. The fourth-order valence-electron chi connectivity index (χ4n) is 4.02. The Kier molecular flexibility index (Phi) is 7.41. The van der Waals surface area contributed by atoms with Crippen LogP contribution in [0.4, 0.5) is 24.5 Å². The molecule has 180 valence electrons. The number of carbonyl (C=O) groups excluding carboxylic acids is 1. The minimum atomic E-state index is -5.08. The maximum Gasteiger partial charge on any atom is 0.490 e. The quantitative estimate of drug-likeness (QED) is 0.699. The molecule has 34 heavy (non-hydrogen) atoms. The smallest absolute Gasteiger partial charge is 0.475 e. The van der Waals surface area contributed by atoms with Gasteiger partial charge in [-0.05, 0) is 43.5 Å². The number of nitrogens with two attached hydrogens (primary N) is 1. The number of hydrogen-bond acceptors (Lipinski definition) is 6. The van der Waals surface area contributed by atoms with E-state index in [1.807, 2.05) is 30.0 Å². The Bertz CT molecular complexity index is 1100. The number of pyridine rings is 1. The van der Waals surface area contributed by atoms with Crippen LogP contribution in [0, 0.1) is 11.3 Å². The van der Waals surface area contributed by atoms with Gasteiger partial charge in [0.2, 0.25) is 5.91 Å². The molecule has 0 bridgehead atoms. The highest BCUT2D eigenvalue weighted by Crippen LogP contribution is 2.43. The predicted molar refractivity (Wildman–Crippen MR) is 118 cm³/mol. The van der Waals surface area contributed by atoms with E-state index in [2.05, 4.69) is 16.0 Å². The Morgan fingerprint density at radius 1 is 1.29 bits per heavy atom. The molecular weight excluding hydrogens is 451 g/mol. The number of nitriles is 1. The molecule has 1 unspecified atom stereocenters. The molecule has 2 aliphatic rings. The second-order valence-electron chi connectivity index (χ2n) is 8.17. The van der Waals surface area contributed by atoms with Gasteiger partial charge in [0.1, 0.15) is 0 Å². The number of hydrogen-bond donors (Lipinski definition) is 2. The zero-order valence-corrected chi connectivity index (χ0v) is 18.4. The Balaban J connectivity index is 0.000000406. The molecule has 0 radical (unpaired) electrons. The van der Waals surface area contributed by atoms with Crippen LogP contribution in [0.5, 0.6) is 0 Å². The maximum absolute atomic E-state index is 13.0. The van der Waals surface area contributed by atoms with Crippen molar-refractivity contribution >= 4 is 23.3 Å². The number of aromatic nitrogens is 1. The van der Waals surface area contributed by atoms with Crippen LogP contribution < -0.4 is 15.5 Å². The van der Waals surface area contributed by atoms with E-state index in [-0.39, 0.29) is 17.9 Å². The highest BCUT2D eigenvalue weighted by molar-refractivity contribution is 6.07. The van der Waals surface area contributed by atoms with E-state index in [4.69, 9.17) is 20.9 Å². The average Bonchev–Trinajstić information content (AvgIpc) is 3.04. The molecule has 1 amide bonds. The SMILES string of the molecule is C[C@H]1C(=O)N(Cc2ccc(C#N)cc2)c2c(N3CCCC(N)C3)ccnc21.O=C(O)C(F)(F)F. The number of alkyl halides is 3. The second-order valence-corrected chi connectivity index (χ2v) is 8.17. The van der Waals surface area contributed by atoms with Crippen molar-refractivity contribution in [3.63, 3.8) is 0 Å². The van der Waals surface area contributed by atoms with Crippen LogP contribution in [0.1, 0.15) is 42.5 Å². The number of nitrogens with zero attached hydrogens (tertiary/aromatic N) is 4. The molecular formula is C23H24F3N5O3. The van der Waals surface area contributed by atoms with E-state index in [0.717, 1.165) is 48.6 Å². The number of anilines is 2. The van der Waals surface area contributed by atoms with E-state index in [1.165, 1.54) is 0 Å². The lowest BCUT2D eigenvalue weighted by molar-refractivity contribution is -0.192.